The zero-order chi connectivity index (χ0) is 44.5. The van der Waals surface area contributed by atoms with Crippen LogP contribution < -0.4 is 30.1 Å². The Bertz CT molecular complexity index is 2710. The van der Waals surface area contributed by atoms with Gasteiger partial charge in [0.15, 0.2) is 0 Å². The number of hydrogen-bond acceptors (Lipinski definition) is 10. The number of ether oxygens (including phenoxy) is 4. The van der Waals surface area contributed by atoms with Crippen LogP contribution in [0, 0.1) is 10.1 Å². The van der Waals surface area contributed by atoms with Gasteiger partial charge >= 0.3 is 0 Å². The van der Waals surface area contributed by atoms with Crippen molar-refractivity contribution in [3.8, 4) is 23.0 Å². The fourth-order valence-corrected chi connectivity index (χ4v) is 8.41. The predicted octanol–water partition coefficient (Wildman–Crippen LogP) is 7.81. The quantitative estimate of drug-likeness (QED) is 0.108. The van der Waals surface area contributed by atoms with E-state index >= 15 is 0 Å². The van der Waals surface area contributed by atoms with Gasteiger partial charge in [-0.1, -0.05) is 52.3 Å². The Kier molecular flexibility index (Phi) is 12.5. The summed E-state index contributed by atoms with van der Waals surface area (Å²) in [7, 11) is 3.21. The summed E-state index contributed by atoms with van der Waals surface area (Å²) in [6.07, 6.45) is 1.50. The number of aliphatic hydroxyl groups is 2. The number of benzene rings is 4. The second kappa shape index (κ2) is 17.6. The van der Waals surface area contributed by atoms with E-state index in [4.69, 9.17) is 18.9 Å². The molecule has 2 N–H and O–H groups in total. The number of rotatable bonds is 9. The number of nitro benzene ring substituents is 1. The van der Waals surface area contributed by atoms with E-state index in [2.05, 4.69) is 15.9 Å². The van der Waals surface area contributed by atoms with E-state index in [0.29, 0.717) is 41.3 Å². The van der Waals surface area contributed by atoms with Crippen LogP contribution in [0.4, 0.5) is 5.69 Å². The highest BCUT2D eigenvalue weighted by molar-refractivity contribution is 9.10. The van der Waals surface area contributed by atoms with Gasteiger partial charge in [-0.3, -0.25) is 19.7 Å². The van der Waals surface area contributed by atoms with Gasteiger partial charge in [-0.2, -0.15) is 0 Å². The fraction of sp³-hybridized carbons (Fsp3) is 0.292. The highest BCUT2D eigenvalue weighted by atomic mass is 79.9. The third kappa shape index (κ3) is 8.89. The summed E-state index contributed by atoms with van der Waals surface area (Å²) < 4.78 is 26.4. The van der Waals surface area contributed by atoms with E-state index < -0.39 is 40.2 Å². The Morgan fingerprint density at radius 2 is 1.06 bits per heavy atom. The molecule has 0 saturated heterocycles. The summed E-state index contributed by atoms with van der Waals surface area (Å²) in [5.74, 6) is 1.33. The minimum Gasteiger partial charge on any atom is -0.497 e. The van der Waals surface area contributed by atoms with E-state index in [-0.39, 0.29) is 16.8 Å². The molecule has 4 atom stereocenters. The molecule has 4 aromatic carbocycles. The van der Waals surface area contributed by atoms with Crippen LogP contribution in [0.25, 0.3) is 0 Å². The Balaban J connectivity index is 0.000000187. The molecule has 0 saturated carbocycles. The molecule has 4 unspecified atom stereocenters. The predicted molar refractivity (Wildman–Crippen MR) is 238 cm³/mol. The number of aromatic nitrogens is 2. The first-order valence-corrected chi connectivity index (χ1v) is 20.8. The molecule has 2 aliphatic rings. The number of nitro groups is 1. The molecular formula is C48H48BrN3O10. The third-order valence-electron chi connectivity index (χ3n) is 11.4. The van der Waals surface area contributed by atoms with Crippen molar-refractivity contribution in [1.82, 2.24) is 9.13 Å². The van der Waals surface area contributed by atoms with Crippen molar-refractivity contribution in [2.24, 2.45) is 0 Å². The van der Waals surface area contributed by atoms with Gasteiger partial charge in [-0.05, 0) is 99.5 Å². The molecule has 8 rings (SSSR count). The van der Waals surface area contributed by atoms with Gasteiger partial charge < -0.3 is 38.3 Å². The van der Waals surface area contributed by atoms with E-state index in [1.54, 1.807) is 67.8 Å². The van der Waals surface area contributed by atoms with Crippen LogP contribution in [0.2, 0.25) is 0 Å². The first-order chi connectivity index (χ1) is 29.5. The monoisotopic (exact) mass is 905 g/mol. The summed E-state index contributed by atoms with van der Waals surface area (Å²) in [5, 5.41) is 33.6. The lowest BCUT2D eigenvalue weighted by Crippen LogP contribution is -2.50. The van der Waals surface area contributed by atoms with Gasteiger partial charge in [0.25, 0.3) is 16.8 Å². The molecule has 2 aliphatic heterocycles. The minimum absolute atomic E-state index is 0.124. The van der Waals surface area contributed by atoms with Crippen molar-refractivity contribution in [2.45, 2.75) is 76.0 Å². The number of methoxy groups -OCH3 is 2. The summed E-state index contributed by atoms with van der Waals surface area (Å²) in [4.78, 5) is 37.7. The molecular weight excluding hydrogens is 858 g/mol. The first kappa shape index (κ1) is 43.9. The molecule has 0 bridgehead atoms. The van der Waals surface area contributed by atoms with E-state index in [1.165, 1.54) is 18.2 Å². The largest absolute Gasteiger partial charge is 0.497 e. The highest BCUT2D eigenvalue weighted by Gasteiger charge is 2.46. The molecule has 4 heterocycles. The van der Waals surface area contributed by atoms with Crippen LogP contribution in [0.1, 0.15) is 72.9 Å². The van der Waals surface area contributed by atoms with Crippen LogP contribution in [0.5, 0.6) is 23.0 Å². The zero-order valence-electron chi connectivity index (χ0n) is 35.2. The van der Waals surface area contributed by atoms with Crippen LogP contribution in [0.15, 0.2) is 136 Å². The van der Waals surface area contributed by atoms with Crippen molar-refractivity contribution in [2.75, 3.05) is 14.2 Å². The molecule has 0 amide bonds. The summed E-state index contributed by atoms with van der Waals surface area (Å²) in [6.45, 7) is 7.91. The standard InChI is InChI=1S/C24H24BrNO4.C24H24N2O6/c1-24(2)22(27)21(19-13-16(25)8-11-20(19)30-24)18-5-4-12-26(23(18)28)14-15-6-9-17(29-3)10-7-15;1-24(2)22(27)21(19-13-16(26(29)30)8-11-20(19)32-24)18-5-4-12-25(23(18)28)14-15-6-9-17(31-3)10-7-15/h4-13,21-22,27H,14H2,1-3H3;4-13,21-22,27H,14H2,1-3H3. The number of aliphatic hydroxyl groups excluding tert-OH is 2. The Hall–Kier alpha value is -6.22. The average molecular weight is 907 g/mol. The zero-order valence-corrected chi connectivity index (χ0v) is 36.7. The van der Waals surface area contributed by atoms with Gasteiger partial charge in [0.05, 0.1) is 32.2 Å². The van der Waals surface area contributed by atoms with Crippen molar-refractivity contribution in [3.63, 3.8) is 0 Å². The number of pyridine rings is 2. The number of nitrogens with zero attached hydrogens (tertiary/aromatic N) is 3. The lowest BCUT2D eigenvalue weighted by Gasteiger charge is -2.42. The van der Waals surface area contributed by atoms with Crippen LogP contribution in [-0.4, -0.2) is 61.9 Å². The molecule has 0 aliphatic carbocycles. The second-order valence-corrected chi connectivity index (χ2v) is 17.3. The number of halogens is 1. The Labute approximate surface area is 367 Å². The number of fused-ring (bicyclic) bond motifs is 2. The van der Waals surface area contributed by atoms with Gasteiger partial charge in [0.2, 0.25) is 0 Å². The van der Waals surface area contributed by atoms with Crippen LogP contribution in [-0.2, 0) is 13.1 Å². The smallest absolute Gasteiger partial charge is 0.269 e. The van der Waals surface area contributed by atoms with Crippen molar-refractivity contribution in [3.05, 3.63) is 190 Å². The number of non-ortho nitro benzene ring substituents is 1. The third-order valence-corrected chi connectivity index (χ3v) is 11.9. The SMILES string of the molecule is COc1ccc(Cn2cccc(C3c4cc(Br)ccc4OC(C)(C)C3O)c2=O)cc1.COc1ccc(Cn2cccc(C3c4cc([N+](=O)[O-])ccc4OC(C)(C)C3O)c2=O)cc1. The van der Waals surface area contributed by atoms with Crippen molar-refractivity contribution in [1.29, 1.82) is 0 Å². The molecule has 0 radical (unpaired) electrons. The van der Waals surface area contributed by atoms with Crippen LogP contribution >= 0.6 is 15.9 Å². The van der Waals surface area contributed by atoms with E-state index in [1.807, 2.05) is 86.6 Å². The molecule has 6 aromatic rings. The maximum Gasteiger partial charge on any atom is 0.269 e. The van der Waals surface area contributed by atoms with Gasteiger partial charge in [-0.15, -0.1) is 0 Å². The molecule has 14 heteroatoms. The number of hydrogen-bond donors (Lipinski definition) is 2. The Morgan fingerprint density at radius 1 is 0.645 bits per heavy atom. The minimum atomic E-state index is -1.08. The summed E-state index contributed by atoms with van der Waals surface area (Å²) in [5.41, 5.74) is 1.69. The summed E-state index contributed by atoms with van der Waals surface area (Å²) in [6, 6.07) is 32.0. The molecule has 2 aromatic heterocycles. The van der Waals surface area contributed by atoms with E-state index in [0.717, 1.165) is 32.7 Å². The molecule has 322 valence electrons. The normalized spacial score (nSPS) is 19.3. The maximum absolute atomic E-state index is 13.4. The first-order valence-electron chi connectivity index (χ1n) is 20.0. The van der Waals surface area contributed by atoms with Crippen molar-refractivity contribution >= 4 is 21.6 Å². The Morgan fingerprint density at radius 3 is 1.48 bits per heavy atom. The van der Waals surface area contributed by atoms with Crippen LogP contribution in [0.3, 0.4) is 0 Å². The fourth-order valence-electron chi connectivity index (χ4n) is 8.03. The highest BCUT2D eigenvalue weighted by Crippen LogP contribution is 2.46. The average Bonchev–Trinajstić information content (AvgIpc) is 3.24. The molecule has 0 fully saturated rings. The summed E-state index contributed by atoms with van der Waals surface area (Å²) >= 11 is 3.50. The maximum atomic E-state index is 13.4. The van der Waals surface area contributed by atoms with Gasteiger partial charge in [0.1, 0.15) is 46.4 Å². The molecule has 13 nitrogen and oxygen atoms in total. The van der Waals surface area contributed by atoms with Gasteiger partial charge in [-0.25, -0.2) is 0 Å². The van der Waals surface area contributed by atoms with Crippen molar-refractivity contribution < 1.29 is 34.1 Å². The lowest BCUT2D eigenvalue weighted by atomic mass is 9.77. The van der Waals surface area contributed by atoms with Gasteiger partial charge in [0, 0.05) is 63.1 Å². The van der Waals surface area contributed by atoms with E-state index in [9.17, 15) is 29.9 Å². The molecule has 0 spiro atoms. The second-order valence-electron chi connectivity index (χ2n) is 16.4. The molecule has 62 heavy (non-hydrogen) atoms. The topological polar surface area (TPSA) is 165 Å². The lowest BCUT2D eigenvalue weighted by molar-refractivity contribution is -0.385.